The molecule has 2 aromatic heterocycles. The smallest absolute Gasteiger partial charge is 0.416 e. The SMILES string of the molecule is CNC(=O)c1nc2c(o1)CCCN(c1nc(OC)nc3c1COC(c1c(C(F)(F)F)ccc(N)c1F)C3)C2.FC1CC2CCCN2C1. The summed E-state index contributed by atoms with van der Waals surface area (Å²) in [6.07, 6.45) is -2.23. The summed E-state index contributed by atoms with van der Waals surface area (Å²) in [6.45, 7) is 2.49. The molecule has 7 rings (SSSR count). The Hall–Kier alpha value is -4.05. The number of nitrogens with two attached hydrogens (primary N) is 1. The second kappa shape index (κ2) is 13.2. The molecule has 1 amide bonds. The fourth-order valence-corrected chi connectivity index (χ4v) is 6.74. The van der Waals surface area contributed by atoms with Crippen LogP contribution in [-0.4, -0.2) is 71.8 Å². The predicted octanol–water partition coefficient (Wildman–Crippen LogP) is 4.53. The zero-order chi connectivity index (χ0) is 33.5. The van der Waals surface area contributed by atoms with Crippen molar-refractivity contribution in [1.82, 2.24) is 25.2 Å². The first-order valence-corrected chi connectivity index (χ1v) is 15.5. The van der Waals surface area contributed by atoms with Crippen molar-refractivity contribution >= 4 is 17.4 Å². The number of nitrogens with one attached hydrogen (secondary N) is 1. The molecule has 16 heteroatoms. The van der Waals surface area contributed by atoms with Crippen molar-refractivity contribution in [2.75, 3.05) is 44.4 Å². The molecule has 0 aliphatic carbocycles. The van der Waals surface area contributed by atoms with Crippen LogP contribution < -0.4 is 20.7 Å². The van der Waals surface area contributed by atoms with Gasteiger partial charge in [-0.3, -0.25) is 9.69 Å². The van der Waals surface area contributed by atoms with Crippen LogP contribution in [0.1, 0.15) is 76.3 Å². The number of halogens is 5. The van der Waals surface area contributed by atoms with Gasteiger partial charge in [0.25, 0.3) is 5.89 Å². The largest absolute Gasteiger partial charge is 0.467 e. The van der Waals surface area contributed by atoms with Gasteiger partial charge in [0.15, 0.2) is 5.82 Å². The number of amides is 1. The number of nitrogen functional groups attached to an aromatic ring is 1. The van der Waals surface area contributed by atoms with E-state index in [4.69, 9.17) is 19.6 Å². The molecule has 4 aliphatic rings. The number of ether oxygens (including phenoxy) is 2. The van der Waals surface area contributed by atoms with E-state index >= 15 is 0 Å². The molecule has 0 bridgehead atoms. The van der Waals surface area contributed by atoms with Crippen molar-refractivity contribution in [3.05, 3.63) is 57.7 Å². The highest BCUT2D eigenvalue weighted by atomic mass is 19.4. The van der Waals surface area contributed by atoms with Crippen LogP contribution in [0.3, 0.4) is 0 Å². The van der Waals surface area contributed by atoms with Gasteiger partial charge in [-0.15, -0.1) is 0 Å². The van der Waals surface area contributed by atoms with E-state index in [1.165, 1.54) is 27.0 Å². The number of oxazole rings is 1. The van der Waals surface area contributed by atoms with Gasteiger partial charge in [0.1, 0.15) is 23.4 Å². The number of hydrogen-bond donors (Lipinski definition) is 2. The first kappa shape index (κ1) is 32.9. The van der Waals surface area contributed by atoms with Gasteiger partial charge in [0.05, 0.1) is 43.3 Å². The molecule has 0 saturated carbocycles. The van der Waals surface area contributed by atoms with Gasteiger partial charge in [-0.1, -0.05) is 0 Å². The second-order valence-electron chi connectivity index (χ2n) is 12.0. The molecule has 0 radical (unpaired) electrons. The Morgan fingerprint density at radius 2 is 1.96 bits per heavy atom. The van der Waals surface area contributed by atoms with Crippen molar-refractivity contribution in [3.8, 4) is 6.01 Å². The van der Waals surface area contributed by atoms with Crippen molar-refractivity contribution in [1.29, 1.82) is 0 Å². The lowest BCUT2D eigenvalue weighted by Gasteiger charge is -2.31. The molecule has 3 N–H and O–H groups in total. The van der Waals surface area contributed by atoms with Crippen LogP contribution in [0.25, 0.3) is 0 Å². The van der Waals surface area contributed by atoms with Crippen LogP contribution in [0.2, 0.25) is 0 Å². The number of fused-ring (bicyclic) bond motifs is 3. The summed E-state index contributed by atoms with van der Waals surface area (Å²) in [7, 11) is 2.85. The van der Waals surface area contributed by atoms with E-state index in [0.717, 1.165) is 25.1 Å². The second-order valence-corrected chi connectivity index (χ2v) is 12.0. The van der Waals surface area contributed by atoms with Gasteiger partial charge in [0, 0.05) is 50.1 Å². The number of aryl methyl sites for hydroxylation is 1. The van der Waals surface area contributed by atoms with E-state index in [-0.39, 0.29) is 31.5 Å². The van der Waals surface area contributed by atoms with Crippen LogP contribution in [0.4, 0.5) is 33.5 Å². The molecule has 6 heterocycles. The summed E-state index contributed by atoms with van der Waals surface area (Å²) in [5.41, 5.74) is 4.85. The third kappa shape index (κ3) is 6.70. The van der Waals surface area contributed by atoms with E-state index in [1.807, 2.05) is 4.90 Å². The molecule has 4 aliphatic heterocycles. The number of anilines is 2. The standard InChI is InChI=1S/C24H24F4N6O4.C7H12FN/c1-30-21(35)22-31-15-9-34(7-3-4-16(15)38-22)20-11-10-37-17(8-14(11)32-23(33-20)36-2)18-12(24(26,27)28)5-6-13(29)19(18)25;8-6-4-7-2-1-3-9(7)5-6/h5-6,17H,3-4,7-10,29H2,1-2H3,(H,30,35);6-7H,1-5H2. The van der Waals surface area contributed by atoms with Crippen LogP contribution in [-0.2, 0) is 36.9 Å². The lowest BCUT2D eigenvalue weighted by Crippen LogP contribution is -2.29. The number of methoxy groups -OCH3 is 1. The molecule has 3 aromatic rings. The number of benzene rings is 1. The number of rotatable bonds is 4. The maximum Gasteiger partial charge on any atom is 0.416 e. The lowest BCUT2D eigenvalue weighted by molar-refractivity contribution is -0.140. The Kier molecular flexibility index (Phi) is 9.25. The number of aromatic nitrogens is 3. The molecular formula is C31H36F5N7O4. The normalized spacial score (nSPS) is 22.4. The van der Waals surface area contributed by atoms with Gasteiger partial charge in [0.2, 0.25) is 0 Å². The Bertz CT molecular complexity index is 1620. The van der Waals surface area contributed by atoms with Crippen molar-refractivity contribution in [3.63, 3.8) is 0 Å². The average molecular weight is 666 g/mol. The Balaban J connectivity index is 0.000000366. The monoisotopic (exact) mass is 665 g/mol. The molecule has 47 heavy (non-hydrogen) atoms. The maximum atomic E-state index is 14.9. The summed E-state index contributed by atoms with van der Waals surface area (Å²) in [4.78, 5) is 29.3. The fraction of sp³-hybridized carbons (Fsp3) is 0.548. The number of carbonyl (C=O) groups excluding carboxylic acids is 1. The van der Waals surface area contributed by atoms with Gasteiger partial charge < -0.3 is 29.8 Å². The molecule has 1 aromatic carbocycles. The Morgan fingerprint density at radius 3 is 2.68 bits per heavy atom. The van der Waals surface area contributed by atoms with E-state index in [0.29, 0.717) is 60.5 Å². The van der Waals surface area contributed by atoms with Crippen LogP contribution >= 0.6 is 0 Å². The van der Waals surface area contributed by atoms with Crippen LogP contribution in [0.5, 0.6) is 6.01 Å². The first-order chi connectivity index (χ1) is 22.5. The Labute approximate surface area is 267 Å². The van der Waals surface area contributed by atoms with Crippen LogP contribution in [0.15, 0.2) is 16.5 Å². The highest BCUT2D eigenvalue weighted by Gasteiger charge is 2.40. The quantitative estimate of drug-likeness (QED) is 0.303. The summed E-state index contributed by atoms with van der Waals surface area (Å²) < 4.78 is 85.4. The van der Waals surface area contributed by atoms with Gasteiger partial charge in [-0.25, -0.2) is 13.8 Å². The Morgan fingerprint density at radius 1 is 1.15 bits per heavy atom. The number of carbonyl (C=O) groups is 1. The highest BCUT2D eigenvalue weighted by Crippen LogP contribution is 2.43. The topological polar surface area (TPSA) is 132 Å². The highest BCUT2D eigenvalue weighted by molar-refractivity contribution is 5.89. The van der Waals surface area contributed by atoms with Crippen molar-refractivity contribution in [2.24, 2.45) is 0 Å². The molecule has 2 fully saturated rings. The minimum Gasteiger partial charge on any atom is -0.467 e. The molecule has 2 saturated heterocycles. The van der Waals surface area contributed by atoms with Gasteiger partial charge in [-0.05, 0) is 44.4 Å². The fourth-order valence-electron chi connectivity index (χ4n) is 6.74. The summed E-state index contributed by atoms with van der Waals surface area (Å²) in [5, 5.41) is 2.48. The summed E-state index contributed by atoms with van der Waals surface area (Å²) in [6, 6.07) is 2.24. The molecular weight excluding hydrogens is 629 g/mol. The molecule has 3 atom stereocenters. The zero-order valence-electron chi connectivity index (χ0n) is 26.0. The number of alkyl halides is 4. The van der Waals surface area contributed by atoms with Gasteiger partial charge >= 0.3 is 18.1 Å². The summed E-state index contributed by atoms with van der Waals surface area (Å²) in [5.74, 6) is -0.622. The minimum atomic E-state index is -4.81. The third-order valence-electron chi connectivity index (χ3n) is 9.01. The van der Waals surface area contributed by atoms with E-state index in [1.54, 1.807) is 0 Å². The van der Waals surface area contributed by atoms with E-state index < -0.39 is 47.0 Å². The zero-order valence-corrected chi connectivity index (χ0v) is 26.0. The molecule has 11 nitrogen and oxygen atoms in total. The van der Waals surface area contributed by atoms with Crippen molar-refractivity contribution < 1.29 is 40.6 Å². The first-order valence-electron chi connectivity index (χ1n) is 15.5. The number of hydrogen-bond acceptors (Lipinski definition) is 10. The maximum absolute atomic E-state index is 14.9. The summed E-state index contributed by atoms with van der Waals surface area (Å²) >= 11 is 0. The van der Waals surface area contributed by atoms with Crippen LogP contribution in [0, 0.1) is 5.82 Å². The van der Waals surface area contributed by atoms with Crippen molar-refractivity contribution in [2.45, 2.75) is 76.2 Å². The van der Waals surface area contributed by atoms with Gasteiger partial charge in [-0.2, -0.15) is 23.1 Å². The number of nitrogens with zero attached hydrogens (tertiary/aromatic N) is 5. The predicted molar refractivity (Wildman–Crippen MR) is 159 cm³/mol. The third-order valence-corrected chi connectivity index (χ3v) is 9.01. The molecule has 3 unspecified atom stereocenters. The minimum absolute atomic E-state index is 0.000773. The van der Waals surface area contributed by atoms with E-state index in [9.17, 15) is 26.7 Å². The molecule has 254 valence electrons. The molecule has 0 spiro atoms. The lowest BCUT2D eigenvalue weighted by atomic mass is 9.94. The van der Waals surface area contributed by atoms with E-state index in [2.05, 4.69) is 25.2 Å². The average Bonchev–Trinajstić information content (AvgIpc) is 3.71.